The molecule has 2 heterocycles. The van der Waals surface area contributed by atoms with E-state index >= 15 is 0 Å². The molecule has 0 aliphatic rings. The summed E-state index contributed by atoms with van der Waals surface area (Å²) >= 11 is 1.66. The molecule has 3 aromatic rings. The van der Waals surface area contributed by atoms with E-state index in [1.165, 1.54) is 0 Å². The molecule has 0 aliphatic carbocycles. The highest BCUT2D eigenvalue weighted by atomic mass is 32.1. The number of hydrogen-bond donors (Lipinski definition) is 2. The number of nitrogens with two attached hydrogens (primary N) is 1. The predicted octanol–water partition coefficient (Wildman–Crippen LogP) is 2.88. The minimum atomic E-state index is 0.285. The Morgan fingerprint density at radius 1 is 1.30 bits per heavy atom. The summed E-state index contributed by atoms with van der Waals surface area (Å²) in [4.78, 5) is 12.9. The zero-order valence-electron chi connectivity index (χ0n) is 11.1. The summed E-state index contributed by atoms with van der Waals surface area (Å²) in [6.45, 7) is 2.90. The molecule has 0 amide bonds. The highest BCUT2D eigenvalue weighted by Gasteiger charge is 2.10. The lowest BCUT2D eigenvalue weighted by Gasteiger charge is -2.12. The lowest BCUT2D eigenvalue weighted by molar-refractivity contribution is 0.793. The summed E-state index contributed by atoms with van der Waals surface area (Å²) in [7, 11) is 0. The molecular formula is C14H15N5S. The minimum Gasteiger partial charge on any atom is -0.369 e. The molecule has 0 saturated heterocycles. The molecule has 0 saturated carbocycles. The summed E-state index contributed by atoms with van der Waals surface area (Å²) in [6, 6.07) is 7.84. The van der Waals surface area contributed by atoms with E-state index in [1.54, 1.807) is 11.3 Å². The highest BCUT2D eigenvalue weighted by molar-refractivity contribution is 7.09. The van der Waals surface area contributed by atoms with Gasteiger partial charge in [-0.1, -0.05) is 19.1 Å². The fraction of sp³-hybridized carbons (Fsp3) is 0.214. The molecule has 3 N–H and O–H groups in total. The molecule has 5 nitrogen and oxygen atoms in total. The van der Waals surface area contributed by atoms with Gasteiger partial charge < -0.3 is 11.1 Å². The van der Waals surface area contributed by atoms with Crippen molar-refractivity contribution in [3.05, 3.63) is 40.8 Å². The van der Waals surface area contributed by atoms with Crippen LogP contribution >= 0.6 is 11.3 Å². The maximum Gasteiger partial charge on any atom is 0.222 e. The Labute approximate surface area is 120 Å². The summed E-state index contributed by atoms with van der Waals surface area (Å²) in [5.41, 5.74) is 6.60. The molecule has 0 radical (unpaired) electrons. The number of para-hydroxylation sites is 1. The smallest absolute Gasteiger partial charge is 0.222 e. The fourth-order valence-corrected chi connectivity index (χ4v) is 2.74. The van der Waals surface area contributed by atoms with Crippen LogP contribution in [0.3, 0.4) is 0 Å². The SMILES string of the molecule is CC(CNc1nc(N)nc2ccccc12)c1nccs1. The third-order valence-electron chi connectivity index (χ3n) is 3.07. The van der Waals surface area contributed by atoms with Crippen molar-refractivity contribution in [3.63, 3.8) is 0 Å². The molecule has 6 heteroatoms. The molecule has 0 bridgehead atoms. The van der Waals surface area contributed by atoms with Gasteiger partial charge in [0.25, 0.3) is 0 Å². The monoisotopic (exact) mass is 285 g/mol. The molecule has 0 fully saturated rings. The number of fused-ring (bicyclic) bond motifs is 1. The van der Waals surface area contributed by atoms with Crippen molar-refractivity contribution >= 4 is 34.0 Å². The molecule has 1 atom stereocenters. The molecule has 0 aliphatic heterocycles. The van der Waals surface area contributed by atoms with E-state index in [0.717, 1.165) is 28.3 Å². The lowest BCUT2D eigenvalue weighted by Crippen LogP contribution is -2.12. The van der Waals surface area contributed by atoms with Crippen molar-refractivity contribution in [1.29, 1.82) is 0 Å². The van der Waals surface area contributed by atoms with Crippen LogP contribution in [0.5, 0.6) is 0 Å². The van der Waals surface area contributed by atoms with Crippen molar-refractivity contribution in [2.45, 2.75) is 12.8 Å². The van der Waals surface area contributed by atoms with Gasteiger partial charge in [-0.3, -0.25) is 0 Å². The second-order valence-electron chi connectivity index (χ2n) is 4.60. The van der Waals surface area contributed by atoms with E-state index < -0.39 is 0 Å². The number of anilines is 2. The van der Waals surface area contributed by atoms with Gasteiger partial charge in [0.05, 0.1) is 10.5 Å². The van der Waals surface area contributed by atoms with Gasteiger partial charge in [0.1, 0.15) is 5.82 Å². The summed E-state index contributed by atoms with van der Waals surface area (Å²) in [6.07, 6.45) is 1.83. The Morgan fingerprint density at radius 2 is 2.15 bits per heavy atom. The first-order valence-electron chi connectivity index (χ1n) is 6.39. The fourth-order valence-electron chi connectivity index (χ4n) is 2.04. The second-order valence-corrected chi connectivity index (χ2v) is 5.53. The van der Waals surface area contributed by atoms with Crippen molar-refractivity contribution < 1.29 is 0 Å². The van der Waals surface area contributed by atoms with Gasteiger partial charge in [0.2, 0.25) is 5.95 Å². The standard InChI is InChI=1S/C14H15N5S/c1-9(13-16-6-7-20-13)8-17-12-10-4-2-3-5-11(10)18-14(15)19-12/h2-7,9H,8H2,1H3,(H3,15,17,18,19). The van der Waals surface area contributed by atoms with Gasteiger partial charge in [-0.15, -0.1) is 11.3 Å². The van der Waals surface area contributed by atoms with Crippen molar-refractivity contribution in [2.75, 3.05) is 17.6 Å². The molecule has 1 unspecified atom stereocenters. The quantitative estimate of drug-likeness (QED) is 0.770. The Bertz CT molecular complexity index is 711. The van der Waals surface area contributed by atoms with Crippen LogP contribution in [0.1, 0.15) is 17.8 Å². The Balaban J connectivity index is 1.84. The number of nitrogens with one attached hydrogen (secondary N) is 1. The molecule has 0 spiro atoms. The molecular weight excluding hydrogens is 270 g/mol. The average molecular weight is 285 g/mol. The first-order valence-corrected chi connectivity index (χ1v) is 7.27. The first-order chi connectivity index (χ1) is 9.74. The third-order valence-corrected chi connectivity index (χ3v) is 4.08. The van der Waals surface area contributed by atoms with E-state index in [4.69, 9.17) is 5.73 Å². The number of thiazole rings is 1. The molecule has 3 rings (SSSR count). The number of aromatic nitrogens is 3. The van der Waals surface area contributed by atoms with Gasteiger partial charge >= 0.3 is 0 Å². The third kappa shape index (κ3) is 2.55. The number of nitrogen functional groups attached to an aromatic ring is 1. The van der Waals surface area contributed by atoms with Crippen LogP contribution in [0, 0.1) is 0 Å². The van der Waals surface area contributed by atoms with Crippen LogP contribution < -0.4 is 11.1 Å². The van der Waals surface area contributed by atoms with Crippen LogP contribution in [0.4, 0.5) is 11.8 Å². The van der Waals surface area contributed by atoms with Crippen molar-refractivity contribution in [2.24, 2.45) is 0 Å². The van der Waals surface area contributed by atoms with E-state index in [0.29, 0.717) is 5.92 Å². The number of hydrogen-bond acceptors (Lipinski definition) is 6. The number of rotatable bonds is 4. The van der Waals surface area contributed by atoms with Gasteiger partial charge in [0, 0.05) is 29.4 Å². The summed E-state index contributed by atoms with van der Waals surface area (Å²) in [5, 5.41) is 7.44. The maximum absolute atomic E-state index is 5.75. The van der Waals surface area contributed by atoms with Crippen LogP contribution in [0.25, 0.3) is 10.9 Å². The highest BCUT2D eigenvalue weighted by Crippen LogP contribution is 2.23. The molecule has 1 aromatic carbocycles. The van der Waals surface area contributed by atoms with Crippen LogP contribution in [0.15, 0.2) is 35.8 Å². The zero-order valence-corrected chi connectivity index (χ0v) is 11.9. The normalized spacial score (nSPS) is 12.4. The lowest BCUT2D eigenvalue weighted by atomic mass is 10.2. The minimum absolute atomic E-state index is 0.285. The van der Waals surface area contributed by atoms with Crippen molar-refractivity contribution in [1.82, 2.24) is 15.0 Å². The summed E-state index contributed by atoms with van der Waals surface area (Å²) in [5.74, 6) is 1.38. The number of nitrogens with zero attached hydrogens (tertiary/aromatic N) is 3. The molecule has 102 valence electrons. The number of benzene rings is 1. The van der Waals surface area contributed by atoms with Gasteiger partial charge in [-0.05, 0) is 12.1 Å². The maximum atomic E-state index is 5.75. The van der Waals surface area contributed by atoms with Crippen molar-refractivity contribution in [3.8, 4) is 0 Å². The van der Waals surface area contributed by atoms with Gasteiger partial charge in [-0.25, -0.2) is 9.97 Å². The van der Waals surface area contributed by atoms with Crippen LogP contribution in [-0.2, 0) is 0 Å². The van der Waals surface area contributed by atoms with E-state index in [1.807, 2.05) is 35.8 Å². The van der Waals surface area contributed by atoms with Crippen LogP contribution in [-0.4, -0.2) is 21.5 Å². The Morgan fingerprint density at radius 3 is 2.95 bits per heavy atom. The zero-order chi connectivity index (χ0) is 13.9. The average Bonchev–Trinajstić information content (AvgIpc) is 2.98. The second kappa shape index (κ2) is 5.42. The molecule has 2 aromatic heterocycles. The van der Waals surface area contributed by atoms with Gasteiger partial charge in [-0.2, -0.15) is 4.98 Å². The Kier molecular flexibility index (Phi) is 3.47. The predicted molar refractivity (Wildman–Crippen MR) is 83.0 cm³/mol. The Hall–Kier alpha value is -2.21. The summed E-state index contributed by atoms with van der Waals surface area (Å²) < 4.78 is 0. The van der Waals surface area contributed by atoms with Crippen LogP contribution in [0.2, 0.25) is 0 Å². The van der Waals surface area contributed by atoms with E-state index in [-0.39, 0.29) is 5.95 Å². The van der Waals surface area contributed by atoms with Gasteiger partial charge in [0.15, 0.2) is 0 Å². The largest absolute Gasteiger partial charge is 0.369 e. The topological polar surface area (TPSA) is 76.7 Å². The van der Waals surface area contributed by atoms with E-state index in [9.17, 15) is 0 Å². The molecule has 20 heavy (non-hydrogen) atoms. The van der Waals surface area contributed by atoms with E-state index in [2.05, 4.69) is 27.2 Å². The first kappa shape index (κ1) is 12.8.